The zero-order chi connectivity index (χ0) is 17.3. The Morgan fingerprint density at radius 1 is 0.826 bits per heavy atom. The molecule has 0 aliphatic carbocycles. The van der Waals surface area contributed by atoms with Crippen LogP contribution in [-0.4, -0.2) is 106 Å². The van der Waals surface area contributed by atoms with Crippen LogP contribution in [-0.2, 0) is 18.9 Å². The number of hydrogen-bond acceptors (Lipinski definition) is 10. The van der Waals surface area contributed by atoms with Crippen molar-refractivity contribution in [3.05, 3.63) is 0 Å². The molecule has 0 unspecified atom stereocenters. The zero-order valence-electron chi connectivity index (χ0n) is 12.8. The van der Waals surface area contributed by atoms with Crippen molar-refractivity contribution in [2.24, 2.45) is 0 Å². The molecular weight excluding hydrogens is 316 g/mol. The molecule has 2 fully saturated rings. The molecule has 0 spiro atoms. The summed E-state index contributed by atoms with van der Waals surface area (Å²) in [4.78, 5) is 0. The van der Waals surface area contributed by atoms with Crippen LogP contribution in [0.2, 0.25) is 0 Å². The predicted octanol–water partition coefficient (Wildman–Crippen LogP) is -3.72. The Kier molecular flexibility index (Phi) is 6.30. The van der Waals surface area contributed by atoms with Gasteiger partial charge in [-0.25, -0.2) is 0 Å². The monoisotopic (exact) mass is 340 g/mol. The Balaban J connectivity index is 2.11. The number of aliphatic hydroxyl groups excluding tert-OH is 6. The van der Waals surface area contributed by atoms with Gasteiger partial charge in [-0.2, -0.15) is 0 Å². The fraction of sp³-hybridized carbons (Fsp3) is 1.00. The van der Waals surface area contributed by atoms with Gasteiger partial charge in [0, 0.05) is 7.11 Å². The molecule has 2 saturated heterocycles. The average Bonchev–Trinajstić information content (AvgIpc) is 2.55. The molecular formula is C13H24O10. The first-order valence-electron chi connectivity index (χ1n) is 7.32. The van der Waals surface area contributed by atoms with Crippen molar-refractivity contribution in [3.63, 3.8) is 0 Å². The molecule has 2 heterocycles. The van der Waals surface area contributed by atoms with Crippen molar-refractivity contribution >= 4 is 0 Å². The Morgan fingerprint density at radius 3 is 2.04 bits per heavy atom. The lowest BCUT2D eigenvalue weighted by Gasteiger charge is -2.45. The molecule has 2 aliphatic rings. The van der Waals surface area contributed by atoms with Gasteiger partial charge >= 0.3 is 0 Å². The van der Waals surface area contributed by atoms with Crippen LogP contribution in [0.5, 0.6) is 0 Å². The molecule has 0 radical (unpaired) electrons. The van der Waals surface area contributed by atoms with Gasteiger partial charge in [0.1, 0.15) is 42.7 Å². The van der Waals surface area contributed by atoms with Crippen molar-refractivity contribution in [1.29, 1.82) is 0 Å². The summed E-state index contributed by atoms with van der Waals surface area (Å²) >= 11 is 0. The molecule has 0 aromatic rings. The Hall–Kier alpha value is -0.400. The minimum Gasteiger partial charge on any atom is -0.394 e. The molecule has 2 rings (SSSR count). The summed E-state index contributed by atoms with van der Waals surface area (Å²) in [5, 5.41) is 58.6. The highest BCUT2D eigenvalue weighted by molar-refractivity contribution is 4.92. The van der Waals surface area contributed by atoms with Crippen molar-refractivity contribution in [2.75, 3.05) is 13.7 Å². The van der Waals surface area contributed by atoms with E-state index in [-0.39, 0.29) is 0 Å². The maximum Gasteiger partial charge on any atom is 0.187 e. The van der Waals surface area contributed by atoms with Gasteiger partial charge in [-0.15, -0.1) is 0 Å². The van der Waals surface area contributed by atoms with Gasteiger partial charge in [-0.3, -0.25) is 0 Å². The van der Waals surface area contributed by atoms with E-state index < -0.39 is 68.0 Å². The first-order valence-corrected chi connectivity index (χ1v) is 7.32. The van der Waals surface area contributed by atoms with E-state index in [1.807, 2.05) is 0 Å². The third-order valence-electron chi connectivity index (χ3n) is 4.16. The standard InChI is InChI=1S/C13H24O10/c1-4-6(15)9(18)11(13(20-2)21-4)23-12-10(19)8(17)7(16)5(3-14)22-12/h4-19H,3H2,1-2H3/t4-,5-,6-,7-,8+,9+,10+,11+,12+,13-/m1/s1. The van der Waals surface area contributed by atoms with Gasteiger partial charge in [0.25, 0.3) is 0 Å². The van der Waals surface area contributed by atoms with Gasteiger partial charge < -0.3 is 49.6 Å². The summed E-state index contributed by atoms with van der Waals surface area (Å²) in [6.45, 7) is 0.936. The maximum atomic E-state index is 10.1. The SMILES string of the molecule is CO[C@@H]1O[C@H](C)[C@@H](O)[C@H](O)[C@@H]1O[C@@H]1O[C@H](CO)[C@@H](O)[C@H](O)[C@@H]1O. The smallest absolute Gasteiger partial charge is 0.187 e. The summed E-state index contributed by atoms with van der Waals surface area (Å²) in [7, 11) is 1.31. The number of aliphatic hydroxyl groups is 6. The summed E-state index contributed by atoms with van der Waals surface area (Å²) < 4.78 is 21.0. The minimum atomic E-state index is -1.63. The van der Waals surface area contributed by atoms with E-state index in [1.54, 1.807) is 6.92 Å². The molecule has 10 atom stereocenters. The van der Waals surface area contributed by atoms with Gasteiger partial charge in [-0.05, 0) is 6.92 Å². The molecule has 23 heavy (non-hydrogen) atoms. The van der Waals surface area contributed by atoms with E-state index in [0.29, 0.717) is 0 Å². The fourth-order valence-corrected chi connectivity index (χ4v) is 2.67. The van der Waals surface area contributed by atoms with Crippen LogP contribution in [0.15, 0.2) is 0 Å². The number of hydrogen-bond donors (Lipinski definition) is 6. The lowest BCUT2D eigenvalue weighted by atomic mass is 9.97. The van der Waals surface area contributed by atoms with Crippen LogP contribution >= 0.6 is 0 Å². The van der Waals surface area contributed by atoms with Crippen LogP contribution < -0.4 is 0 Å². The van der Waals surface area contributed by atoms with Gasteiger partial charge in [-0.1, -0.05) is 0 Å². The number of rotatable bonds is 4. The third kappa shape index (κ3) is 3.66. The normalized spacial score (nSPS) is 51.7. The van der Waals surface area contributed by atoms with Crippen molar-refractivity contribution in [1.82, 2.24) is 0 Å². The van der Waals surface area contributed by atoms with Crippen LogP contribution in [0.25, 0.3) is 0 Å². The largest absolute Gasteiger partial charge is 0.394 e. The highest BCUT2D eigenvalue weighted by atomic mass is 16.8. The first-order chi connectivity index (χ1) is 10.8. The summed E-state index contributed by atoms with van der Waals surface area (Å²) in [5.41, 5.74) is 0. The molecule has 0 amide bonds. The molecule has 10 nitrogen and oxygen atoms in total. The molecule has 0 aromatic heterocycles. The van der Waals surface area contributed by atoms with E-state index in [1.165, 1.54) is 7.11 Å². The molecule has 136 valence electrons. The highest BCUT2D eigenvalue weighted by Crippen LogP contribution is 2.29. The second-order valence-electron chi connectivity index (χ2n) is 5.72. The second kappa shape index (κ2) is 7.66. The third-order valence-corrected chi connectivity index (χ3v) is 4.16. The van der Waals surface area contributed by atoms with Crippen LogP contribution in [0.4, 0.5) is 0 Å². The zero-order valence-corrected chi connectivity index (χ0v) is 12.8. The van der Waals surface area contributed by atoms with E-state index in [0.717, 1.165) is 0 Å². The van der Waals surface area contributed by atoms with Crippen LogP contribution in [0.1, 0.15) is 6.92 Å². The maximum absolute atomic E-state index is 10.1. The van der Waals surface area contributed by atoms with Crippen molar-refractivity contribution in [3.8, 4) is 0 Å². The van der Waals surface area contributed by atoms with E-state index >= 15 is 0 Å². The van der Waals surface area contributed by atoms with Crippen LogP contribution in [0.3, 0.4) is 0 Å². The van der Waals surface area contributed by atoms with Crippen molar-refractivity contribution in [2.45, 2.75) is 68.3 Å². The highest BCUT2D eigenvalue weighted by Gasteiger charge is 2.49. The number of methoxy groups -OCH3 is 1. The molecule has 0 saturated carbocycles. The predicted molar refractivity (Wildman–Crippen MR) is 72.0 cm³/mol. The molecule has 0 aromatic carbocycles. The van der Waals surface area contributed by atoms with Gasteiger partial charge in [0.2, 0.25) is 0 Å². The first kappa shape index (κ1) is 18.9. The summed E-state index contributed by atoms with van der Waals surface area (Å²) in [6, 6.07) is 0. The van der Waals surface area contributed by atoms with Crippen LogP contribution in [0, 0.1) is 0 Å². The summed E-state index contributed by atoms with van der Waals surface area (Å²) in [5.74, 6) is 0. The Labute approximate surface area is 132 Å². The molecule has 10 heteroatoms. The topological polar surface area (TPSA) is 158 Å². The average molecular weight is 340 g/mol. The lowest BCUT2D eigenvalue weighted by Crippen LogP contribution is -2.63. The molecule has 6 N–H and O–H groups in total. The Bertz CT molecular complexity index is 378. The lowest BCUT2D eigenvalue weighted by molar-refractivity contribution is -0.362. The molecule has 2 aliphatic heterocycles. The van der Waals surface area contributed by atoms with E-state index in [9.17, 15) is 25.5 Å². The number of ether oxygens (including phenoxy) is 4. The van der Waals surface area contributed by atoms with Gasteiger partial charge in [0.05, 0.1) is 12.7 Å². The van der Waals surface area contributed by atoms with E-state index in [2.05, 4.69) is 0 Å². The van der Waals surface area contributed by atoms with E-state index in [4.69, 9.17) is 24.1 Å². The van der Waals surface area contributed by atoms with Crippen molar-refractivity contribution < 1.29 is 49.6 Å². The second-order valence-corrected chi connectivity index (χ2v) is 5.72. The minimum absolute atomic E-state index is 0.609. The summed E-state index contributed by atoms with van der Waals surface area (Å²) in [6.07, 6.45) is -13.0. The Morgan fingerprint density at radius 2 is 1.48 bits per heavy atom. The molecule has 0 bridgehead atoms. The fourth-order valence-electron chi connectivity index (χ4n) is 2.67. The quantitative estimate of drug-likeness (QED) is 0.300. The van der Waals surface area contributed by atoms with Gasteiger partial charge in [0.15, 0.2) is 12.6 Å².